The van der Waals surface area contributed by atoms with Gasteiger partial charge in [0.1, 0.15) is 9.88 Å². The fourth-order valence-electron chi connectivity index (χ4n) is 2.30. The van der Waals surface area contributed by atoms with Gasteiger partial charge in [-0.2, -0.15) is 0 Å². The van der Waals surface area contributed by atoms with E-state index in [1.54, 1.807) is 0 Å². The summed E-state index contributed by atoms with van der Waals surface area (Å²) in [5.41, 5.74) is 0. The predicted molar refractivity (Wildman–Crippen MR) is 106 cm³/mol. The average molecular weight is 409 g/mol. The Kier molecular flexibility index (Phi) is 6.18. The zero-order chi connectivity index (χ0) is 18.5. The van der Waals surface area contributed by atoms with E-state index in [2.05, 4.69) is 27.8 Å². The van der Waals surface area contributed by atoms with Crippen molar-refractivity contribution >= 4 is 61.3 Å². The summed E-state index contributed by atoms with van der Waals surface area (Å²) in [6.07, 6.45) is 2.97. The smallest absolute Gasteiger partial charge is 0.263 e. The van der Waals surface area contributed by atoms with Crippen LogP contribution in [0.15, 0.2) is 24.3 Å². The molecule has 0 spiro atoms. The van der Waals surface area contributed by atoms with Crippen molar-refractivity contribution < 1.29 is 9.59 Å². The zero-order valence-corrected chi connectivity index (χ0v) is 16.4. The van der Waals surface area contributed by atoms with Crippen molar-refractivity contribution in [2.45, 2.75) is 26.2 Å². The standard InChI is InChI=1S/C17H17ClN4O2S2/c1-2-3-8-13-21-22-17(26-13)20-12(23)9-19-16(24)15-14(18)10-6-4-5-7-11(10)25-15/h4-7H,2-3,8-9H2,1H3,(H,19,24)(H,20,22,23). The van der Waals surface area contributed by atoms with Crippen molar-refractivity contribution in [3.8, 4) is 0 Å². The van der Waals surface area contributed by atoms with Crippen LogP contribution in [0.5, 0.6) is 0 Å². The number of hydrogen-bond donors (Lipinski definition) is 2. The Balaban J connectivity index is 1.56. The summed E-state index contributed by atoms with van der Waals surface area (Å²) in [5, 5.41) is 15.8. The molecule has 9 heteroatoms. The lowest BCUT2D eigenvalue weighted by molar-refractivity contribution is -0.115. The van der Waals surface area contributed by atoms with Gasteiger partial charge in [0.15, 0.2) is 0 Å². The number of fused-ring (bicyclic) bond motifs is 1. The molecule has 26 heavy (non-hydrogen) atoms. The van der Waals surface area contributed by atoms with Gasteiger partial charge < -0.3 is 5.32 Å². The lowest BCUT2D eigenvalue weighted by atomic mass is 10.2. The minimum absolute atomic E-state index is 0.159. The van der Waals surface area contributed by atoms with E-state index in [1.165, 1.54) is 22.7 Å². The molecule has 136 valence electrons. The van der Waals surface area contributed by atoms with E-state index in [4.69, 9.17) is 11.6 Å². The van der Waals surface area contributed by atoms with Crippen LogP contribution in [0.1, 0.15) is 34.4 Å². The Morgan fingerprint density at radius 1 is 1.19 bits per heavy atom. The minimum atomic E-state index is -0.368. The topological polar surface area (TPSA) is 84.0 Å². The lowest BCUT2D eigenvalue weighted by Gasteiger charge is -2.03. The van der Waals surface area contributed by atoms with Crippen LogP contribution in [0, 0.1) is 0 Å². The molecular weight excluding hydrogens is 392 g/mol. The van der Waals surface area contributed by atoms with E-state index >= 15 is 0 Å². The van der Waals surface area contributed by atoms with Crippen molar-refractivity contribution in [3.05, 3.63) is 39.2 Å². The van der Waals surface area contributed by atoms with Crippen LogP contribution in [0.4, 0.5) is 5.13 Å². The van der Waals surface area contributed by atoms with Gasteiger partial charge in [-0.1, -0.05) is 54.5 Å². The molecule has 0 saturated heterocycles. The monoisotopic (exact) mass is 408 g/mol. The summed E-state index contributed by atoms with van der Waals surface area (Å²) < 4.78 is 0.931. The fraction of sp³-hybridized carbons (Fsp3) is 0.294. The van der Waals surface area contributed by atoms with Gasteiger partial charge in [0.2, 0.25) is 11.0 Å². The number of nitrogens with one attached hydrogen (secondary N) is 2. The Hall–Kier alpha value is -2.03. The van der Waals surface area contributed by atoms with Crippen molar-refractivity contribution in [1.29, 1.82) is 0 Å². The summed E-state index contributed by atoms with van der Waals surface area (Å²) in [7, 11) is 0. The number of rotatable bonds is 7. The van der Waals surface area contributed by atoms with Gasteiger partial charge in [-0.05, 0) is 12.5 Å². The van der Waals surface area contributed by atoms with Gasteiger partial charge in [0, 0.05) is 16.5 Å². The van der Waals surface area contributed by atoms with Crippen LogP contribution < -0.4 is 10.6 Å². The van der Waals surface area contributed by atoms with Crippen molar-refractivity contribution in [3.63, 3.8) is 0 Å². The molecule has 0 aliphatic rings. The highest BCUT2D eigenvalue weighted by atomic mass is 35.5. The maximum absolute atomic E-state index is 12.3. The van der Waals surface area contributed by atoms with Crippen LogP contribution in [0.2, 0.25) is 5.02 Å². The molecule has 3 rings (SSSR count). The minimum Gasteiger partial charge on any atom is -0.342 e. The third kappa shape index (κ3) is 4.38. The maximum atomic E-state index is 12.3. The number of unbranched alkanes of at least 4 members (excludes halogenated alkanes) is 1. The molecule has 2 N–H and O–H groups in total. The van der Waals surface area contributed by atoms with E-state index in [1.807, 2.05) is 24.3 Å². The summed E-state index contributed by atoms with van der Waals surface area (Å²) in [4.78, 5) is 24.7. The van der Waals surface area contributed by atoms with E-state index < -0.39 is 0 Å². The molecule has 0 aliphatic heterocycles. The van der Waals surface area contributed by atoms with Crippen LogP contribution in [0.3, 0.4) is 0 Å². The number of anilines is 1. The first-order valence-corrected chi connectivity index (χ1v) is 10.2. The number of thiophene rings is 1. The molecule has 2 amide bonds. The number of amides is 2. The lowest BCUT2D eigenvalue weighted by Crippen LogP contribution is -2.32. The highest BCUT2D eigenvalue weighted by Crippen LogP contribution is 2.34. The first kappa shape index (κ1) is 18.8. The molecule has 0 atom stereocenters. The number of hydrogen-bond acceptors (Lipinski definition) is 6. The molecule has 0 fully saturated rings. The second-order valence-electron chi connectivity index (χ2n) is 5.58. The van der Waals surface area contributed by atoms with Crippen LogP contribution in [0.25, 0.3) is 10.1 Å². The van der Waals surface area contributed by atoms with E-state index in [-0.39, 0.29) is 18.4 Å². The first-order valence-electron chi connectivity index (χ1n) is 8.16. The van der Waals surface area contributed by atoms with Crippen LogP contribution >= 0.6 is 34.3 Å². The molecule has 2 heterocycles. The van der Waals surface area contributed by atoms with Crippen molar-refractivity contribution in [2.24, 2.45) is 0 Å². The zero-order valence-electron chi connectivity index (χ0n) is 14.0. The van der Waals surface area contributed by atoms with Crippen LogP contribution in [-0.4, -0.2) is 28.6 Å². The molecule has 1 aromatic carbocycles. The fourth-order valence-corrected chi connectivity index (χ4v) is 4.53. The molecule has 0 radical (unpaired) electrons. The molecule has 6 nitrogen and oxygen atoms in total. The van der Waals surface area contributed by atoms with Gasteiger partial charge >= 0.3 is 0 Å². The van der Waals surface area contributed by atoms with Crippen molar-refractivity contribution in [2.75, 3.05) is 11.9 Å². The molecule has 0 saturated carbocycles. The van der Waals surface area contributed by atoms with Gasteiger partial charge in [0.25, 0.3) is 5.91 Å². The third-order valence-corrected chi connectivity index (χ3v) is 6.18. The summed E-state index contributed by atoms with van der Waals surface area (Å²) in [6.45, 7) is 1.95. The number of halogens is 1. The molecule has 0 bridgehead atoms. The second-order valence-corrected chi connectivity index (χ2v) is 8.07. The van der Waals surface area contributed by atoms with E-state index in [0.717, 1.165) is 34.4 Å². The molecule has 2 aromatic heterocycles. The summed E-state index contributed by atoms with van der Waals surface area (Å²) in [5.74, 6) is -0.721. The number of aromatic nitrogens is 2. The number of aryl methyl sites for hydroxylation is 1. The Bertz CT molecular complexity index is 938. The first-order chi connectivity index (χ1) is 12.6. The molecule has 0 unspecified atom stereocenters. The maximum Gasteiger partial charge on any atom is 0.263 e. The van der Waals surface area contributed by atoms with E-state index in [9.17, 15) is 9.59 Å². The molecular formula is C17H17ClN4O2S2. The number of carbonyl (C=O) groups is 2. The second kappa shape index (κ2) is 8.57. The van der Waals surface area contributed by atoms with Crippen LogP contribution in [-0.2, 0) is 11.2 Å². The highest BCUT2D eigenvalue weighted by Gasteiger charge is 2.17. The quantitative estimate of drug-likeness (QED) is 0.616. The summed E-state index contributed by atoms with van der Waals surface area (Å²) >= 11 is 8.93. The molecule has 0 aliphatic carbocycles. The van der Waals surface area contributed by atoms with Gasteiger partial charge in [-0.15, -0.1) is 21.5 Å². The number of carbonyl (C=O) groups excluding carboxylic acids is 2. The van der Waals surface area contributed by atoms with Gasteiger partial charge in [-0.3, -0.25) is 14.9 Å². The average Bonchev–Trinajstić information content (AvgIpc) is 3.22. The largest absolute Gasteiger partial charge is 0.342 e. The van der Waals surface area contributed by atoms with E-state index in [0.29, 0.717) is 15.0 Å². The number of nitrogens with zero attached hydrogens (tertiary/aromatic N) is 2. The predicted octanol–water partition coefficient (Wildman–Crippen LogP) is 4.12. The third-order valence-electron chi connectivity index (χ3n) is 3.61. The van der Waals surface area contributed by atoms with Crippen molar-refractivity contribution in [1.82, 2.24) is 15.5 Å². The molecule has 3 aromatic rings. The normalized spacial score (nSPS) is 10.8. The Labute approximate surface area is 163 Å². The Morgan fingerprint density at radius 3 is 2.77 bits per heavy atom. The number of benzene rings is 1. The highest BCUT2D eigenvalue weighted by molar-refractivity contribution is 7.21. The van der Waals surface area contributed by atoms with Gasteiger partial charge in [-0.25, -0.2) is 0 Å². The Morgan fingerprint density at radius 2 is 2.00 bits per heavy atom. The SMILES string of the molecule is CCCCc1nnc(NC(=O)CNC(=O)c2sc3ccccc3c2Cl)s1. The summed E-state index contributed by atoms with van der Waals surface area (Å²) in [6, 6.07) is 7.53. The van der Waals surface area contributed by atoms with Gasteiger partial charge in [0.05, 0.1) is 11.6 Å².